The minimum Gasteiger partial charge on any atom is -0.381 e. The Bertz CT molecular complexity index is 444. The Kier molecular flexibility index (Phi) is 10.1. The van der Waals surface area contributed by atoms with Gasteiger partial charge in [-0.2, -0.15) is 24.6 Å². The molecule has 0 amide bonds. The van der Waals surface area contributed by atoms with Gasteiger partial charge < -0.3 is 17.6 Å². The predicted molar refractivity (Wildman–Crippen MR) is 74.7 cm³/mol. The number of nitrogens with zero attached hydrogens (tertiary/aromatic N) is 2. The molecule has 19 heavy (non-hydrogen) atoms. The van der Waals surface area contributed by atoms with Gasteiger partial charge in [0.05, 0.1) is 0 Å². The van der Waals surface area contributed by atoms with Crippen LogP contribution in [0.25, 0.3) is 11.4 Å². The molecule has 0 aliphatic carbocycles. The fourth-order valence-corrected chi connectivity index (χ4v) is 1.29. The van der Waals surface area contributed by atoms with E-state index in [9.17, 15) is 0 Å². The second kappa shape index (κ2) is 10.8. The average Bonchev–Trinajstić information content (AvgIpc) is 2.41. The number of hydrogen-bond acceptors (Lipinski definition) is 3. The molecule has 0 aromatic carbocycles. The Morgan fingerprint density at radius 3 is 2.47 bits per heavy atom. The largest absolute Gasteiger partial charge is 2.00 e. The van der Waals surface area contributed by atoms with Crippen molar-refractivity contribution in [3.05, 3.63) is 55.2 Å². The second-order valence-electron chi connectivity index (χ2n) is 3.86. The first kappa shape index (κ1) is 17.9. The molecule has 2 rings (SSSR count). The molecule has 0 radical (unpaired) electrons. The van der Waals surface area contributed by atoms with Crippen LogP contribution in [0.5, 0.6) is 0 Å². The predicted octanol–water partition coefficient (Wildman–Crippen LogP) is 2.81. The van der Waals surface area contributed by atoms with Crippen LogP contribution >= 0.6 is 0 Å². The van der Waals surface area contributed by atoms with Gasteiger partial charge in [-0.05, 0) is 36.9 Å². The minimum atomic E-state index is 0. The fourth-order valence-electron chi connectivity index (χ4n) is 1.29. The molecule has 0 unspecified atom stereocenters. The maximum absolute atomic E-state index is 5.10. The van der Waals surface area contributed by atoms with Crippen molar-refractivity contribution in [2.45, 2.75) is 19.8 Å². The monoisotopic (exact) mass is 343 g/mol. The number of unbranched alkanes of at least 4 members (excludes halogenated alkanes) is 1. The molecule has 0 aliphatic heterocycles. The molecule has 0 aliphatic rings. The molecule has 2 aromatic heterocycles. The van der Waals surface area contributed by atoms with Crippen molar-refractivity contribution >= 4 is 0 Å². The van der Waals surface area contributed by atoms with Crippen molar-refractivity contribution in [2.24, 2.45) is 5.73 Å². The van der Waals surface area contributed by atoms with Crippen LogP contribution in [-0.2, 0) is 19.5 Å². The first-order valence-corrected chi connectivity index (χ1v) is 6.02. The molecule has 0 saturated carbocycles. The summed E-state index contributed by atoms with van der Waals surface area (Å²) in [5.41, 5.74) is 8.06. The van der Waals surface area contributed by atoms with Gasteiger partial charge in [0, 0.05) is 11.9 Å². The van der Waals surface area contributed by atoms with Crippen LogP contribution in [0, 0.1) is 19.9 Å². The van der Waals surface area contributed by atoms with Crippen LogP contribution in [0.15, 0.2) is 36.7 Å². The third-order valence-electron chi connectivity index (χ3n) is 2.24. The minimum absolute atomic E-state index is 0. The first-order valence-electron chi connectivity index (χ1n) is 6.02. The van der Waals surface area contributed by atoms with Crippen molar-refractivity contribution in [1.82, 2.24) is 9.97 Å². The van der Waals surface area contributed by atoms with E-state index in [0.717, 1.165) is 30.8 Å². The SMILES string of the molecule is Cc1ccnc(-c2c[c-]ccn2)c1.[CH2-]CCCN.[Ru+2]. The van der Waals surface area contributed by atoms with E-state index in [4.69, 9.17) is 5.73 Å². The molecule has 102 valence electrons. The van der Waals surface area contributed by atoms with E-state index in [2.05, 4.69) is 23.0 Å². The van der Waals surface area contributed by atoms with Gasteiger partial charge in [-0.3, -0.25) is 4.98 Å². The van der Waals surface area contributed by atoms with Gasteiger partial charge in [-0.25, -0.2) is 0 Å². The number of rotatable bonds is 3. The van der Waals surface area contributed by atoms with E-state index in [-0.39, 0.29) is 19.5 Å². The summed E-state index contributed by atoms with van der Waals surface area (Å²) in [6.45, 7) is 6.42. The Morgan fingerprint density at radius 1 is 1.26 bits per heavy atom. The molecule has 0 fully saturated rings. The Morgan fingerprint density at radius 2 is 2.00 bits per heavy atom. The summed E-state index contributed by atoms with van der Waals surface area (Å²) >= 11 is 0. The normalized spacial score (nSPS) is 9.00. The van der Waals surface area contributed by atoms with Crippen molar-refractivity contribution in [3.63, 3.8) is 0 Å². The van der Waals surface area contributed by atoms with Gasteiger partial charge >= 0.3 is 19.5 Å². The molecule has 4 heteroatoms. The molecule has 3 nitrogen and oxygen atoms in total. The van der Waals surface area contributed by atoms with E-state index in [1.54, 1.807) is 18.5 Å². The van der Waals surface area contributed by atoms with Crippen molar-refractivity contribution in [1.29, 1.82) is 0 Å². The molecule has 0 saturated heterocycles. The maximum Gasteiger partial charge on any atom is 2.00 e. The summed E-state index contributed by atoms with van der Waals surface area (Å²) in [6, 6.07) is 10.6. The number of pyridine rings is 2. The van der Waals surface area contributed by atoms with Crippen molar-refractivity contribution in [2.75, 3.05) is 6.54 Å². The molecular weight excluding hydrogens is 323 g/mol. The molecule has 2 aromatic rings. The zero-order valence-electron chi connectivity index (χ0n) is 11.1. The molecular formula is C15H19N3Ru. The van der Waals surface area contributed by atoms with E-state index in [0.29, 0.717) is 0 Å². The van der Waals surface area contributed by atoms with E-state index in [1.807, 2.05) is 25.1 Å². The smallest absolute Gasteiger partial charge is 0.381 e. The van der Waals surface area contributed by atoms with Crippen LogP contribution in [0.4, 0.5) is 0 Å². The molecule has 2 N–H and O–H groups in total. The van der Waals surface area contributed by atoms with Gasteiger partial charge in [-0.15, -0.1) is 0 Å². The Labute approximate surface area is 128 Å². The number of aromatic nitrogens is 2. The summed E-state index contributed by atoms with van der Waals surface area (Å²) in [6.07, 6.45) is 5.54. The summed E-state index contributed by atoms with van der Waals surface area (Å²) in [5, 5.41) is 0. The topological polar surface area (TPSA) is 51.8 Å². The molecule has 0 atom stereocenters. The first-order chi connectivity index (χ1) is 8.77. The summed E-state index contributed by atoms with van der Waals surface area (Å²) in [5.74, 6) is 0. The second-order valence-corrected chi connectivity index (χ2v) is 3.86. The number of aryl methyl sites for hydroxylation is 1. The van der Waals surface area contributed by atoms with E-state index >= 15 is 0 Å². The van der Waals surface area contributed by atoms with Crippen LogP contribution in [0.3, 0.4) is 0 Å². The quantitative estimate of drug-likeness (QED) is 0.689. The summed E-state index contributed by atoms with van der Waals surface area (Å²) < 4.78 is 0. The van der Waals surface area contributed by atoms with Crippen LogP contribution < -0.4 is 5.73 Å². The van der Waals surface area contributed by atoms with Gasteiger partial charge in [0.25, 0.3) is 0 Å². The number of hydrogen-bond donors (Lipinski definition) is 1. The van der Waals surface area contributed by atoms with Gasteiger partial charge in [0.15, 0.2) is 0 Å². The number of nitrogens with two attached hydrogens (primary N) is 1. The summed E-state index contributed by atoms with van der Waals surface area (Å²) in [7, 11) is 0. The third kappa shape index (κ3) is 7.14. The van der Waals surface area contributed by atoms with Gasteiger partial charge in [-0.1, -0.05) is 12.6 Å². The van der Waals surface area contributed by atoms with Crippen molar-refractivity contribution in [3.8, 4) is 11.4 Å². The van der Waals surface area contributed by atoms with Gasteiger partial charge in [0.1, 0.15) is 0 Å². The average molecular weight is 342 g/mol. The standard InChI is InChI=1S/C11H9N2.C4H10N.Ru/c1-9-5-7-13-11(8-9)10-4-2-3-6-12-10;1-2-3-4-5;/h3-8H,1H3;1-5H2;/q2*-1;+2. The van der Waals surface area contributed by atoms with E-state index < -0.39 is 0 Å². The van der Waals surface area contributed by atoms with Crippen LogP contribution in [-0.4, -0.2) is 16.5 Å². The molecule has 0 spiro atoms. The van der Waals surface area contributed by atoms with Crippen molar-refractivity contribution < 1.29 is 19.5 Å². The van der Waals surface area contributed by atoms with Crippen LogP contribution in [0.1, 0.15) is 18.4 Å². The summed E-state index contributed by atoms with van der Waals surface area (Å²) in [4.78, 5) is 8.42. The van der Waals surface area contributed by atoms with Gasteiger partial charge in [0.2, 0.25) is 0 Å². The zero-order chi connectivity index (χ0) is 13.2. The van der Waals surface area contributed by atoms with E-state index in [1.165, 1.54) is 5.56 Å². The molecule has 0 bridgehead atoms. The Hall–Kier alpha value is -1.12. The zero-order valence-corrected chi connectivity index (χ0v) is 12.9. The Balaban J connectivity index is 0.000000471. The molecule has 2 heterocycles. The fraction of sp³-hybridized carbons (Fsp3) is 0.267. The third-order valence-corrected chi connectivity index (χ3v) is 2.24. The van der Waals surface area contributed by atoms with Crippen LogP contribution in [0.2, 0.25) is 0 Å². The maximum atomic E-state index is 5.10.